The molecule has 0 fully saturated rings. The maximum atomic E-state index is 13.0. The first-order valence-corrected chi connectivity index (χ1v) is 8.47. The molecule has 0 radical (unpaired) electrons. The van der Waals surface area contributed by atoms with Gasteiger partial charge >= 0.3 is 5.97 Å². The van der Waals surface area contributed by atoms with Crippen LogP contribution in [0.4, 0.5) is 10.1 Å². The standard InChI is InChI=1S/C20H21FN2O4/c1-3-23(18-10-8-17(21)9-11-18)19(25)13-27-20(26)16-6-4-15(5-7-16)12-22-14(2)24/h4-11H,3,12-13H2,1-2H3,(H,22,24). The lowest BCUT2D eigenvalue weighted by Gasteiger charge is -2.20. The fourth-order valence-electron chi connectivity index (χ4n) is 2.40. The van der Waals surface area contributed by atoms with Crippen molar-refractivity contribution in [3.05, 3.63) is 65.5 Å². The van der Waals surface area contributed by atoms with Crippen LogP contribution in [0.5, 0.6) is 0 Å². The lowest BCUT2D eigenvalue weighted by molar-refractivity contribution is -0.121. The molecule has 6 nitrogen and oxygen atoms in total. The van der Waals surface area contributed by atoms with Gasteiger partial charge in [0.05, 0.1) is 5.56 Å². The van der Waals surface area contributed by atoms with Crippen molar-refractivity contribution in [2.24, 2.45) is 0 Å². The van der Waals surface area contributed by atoms with Gasteiger partial charge in [-0.15, -0.1) is 0 Å². The van der Waals surface area contributed by atoms with Gasteiger partial charge in [-0.05, 0) is 48.9 Å². The van der Waals surface area contributed by atoms with Gasteiger partial charge in [0, 0.05) is 25.7 Å². The van der Waals surface area contributed by atoms with Crippen LogP contribution in [0.3, 0.4) is 0 Å². The molecular formula is C20H21FN2O4. The van der Waals surface area contributed by atoms with E-state index in [1.165, 1.54) is 36.1 Å². The van der Waals surface area contributed by atoms with Crippen LogP contribution in [-0.2, 0) is 20.9 Å². The summed E-state index contributed by atoms with van der Waals surface area (Å²) in [6.07, 6.45) is 0. The van der Waals surface area contributed by atoms with E-state index in [-0.39, 0.29) is 5.91 Å². The first kappa shape index (κ1) is 20.1. The molecule has 0 atom stereocenters. The quantitative estimate of drug-likeness (QED) is 0.758. The molecule has 2 aromatic rings. The summed E-state index contributed by atoms with van der Waals surface area (Å²) in [5.41, 5.74) is 1.67. The van der Waals surface area contributed by atoms with Gasteiger partial charge in [-0.25, -0.2) is 9.18 Å². The van der Waals surface area contributed by atoms with E-state index in [1.807, 2.05) is 0 Å². The van der Waals surface area contributed by atoms with Crippen LogP contribution in [0.1, 0.15) is 29.8 Å². The number of hydrogen-bond donors (Lipinski definition) is 1. The van der Waals surface area contributed by atoms with E-state index in [1.54, 1.807) is 31.2 Å². The minimum absolute atomic E-state index is 0.140. The number of anilines is 1. The number of nitrogens with one attached hydrogen (secondary N) is 1. The maximum absolute atomic E-state index is 13.0. The topological polar surface area (TPSA) is 75.7 Å². The summed E-state index contributed by atoms with van der Waals surface area (Å²) < 4.78 is 18.1. The Morgan fingerprint density at radius 3 is 2.22 bits per heavy atom. The number of amides is 2. The number of hydrogen-bond acceptors (Lipinski definition) is 4. The van der Waals surface area contributed by atoms with E-state index in [0.29, 0.717) is 24.3 Å². The lowest BCUT2D eigenvalue weighted by atomic mass is 10.1. The van der Waals surface area contributed by atoms with Gasteiger partial charge in [0.1, 0.15) is 5.82 Å². The summed E-state index contributed by atoms with van der Waals surface area (Å²) in [7, 11) is 0. The number of nitrogens with zero attached hydrogens (tertiary/aromatic N) is 1. The third kappa shape index (κ3) is 5.91. The van der Waals surface area contributed by atoms with Crippen molar-refractivity contribution < 1.29 is 23.5 Å². The Morgan fingerprint density at radius 2 is 1.67 bits per heavy atom. The number of esters is 1. The molecule has 2 aromatic carbocycles. The molecule has 0 saturated heterocycles. The van der Waals surface area contributed by atoms with Gasteiger partial charge in [-0.2, -0.15) is 0 Å². The highest BCUT2D eigenvalue weighted by atomic mass is 19.1. The predicted octanol–water partition coefficient (Wildman–Crippen LogP) is 2.67. The minimum atomic E-state index is -0.621. The van der Waals surface area contributed by atoms with Crippen LogP contribution in [0, 0.1) is 5.82 Å². The normalized spacial score (nSPS) is 10.2. The Kier molecular flexibility index (Phi) is 7.05. The highest BCUT2D eigenvalue weighted by molar-refractivity contribution is 5.97. The van der Waals surface area contributed by atoms with Gasteiger partial charge in [0.2, 0.25) is 5.91 Å². The van der Waals surface area contributed by atoms with Crippen molar-refractivity contribution in [1.29, 1.82) is 0 Å². The molecule has 0 aliphatic heterocycles. The van der Waals surface area contributed by atoms with Crippen LogP contribution in [0.25, 0.3) is 0 Å². The lowest BCUT2D eigenvalue weighted by Crippen LogP contribution is -2.34. The minimum Gasteiger partial charge on any atom is -0.452 e. The highest BCUT2D eigenvalue weighted by Crippen LogP contribution is 2.15. The summed E-state index contributed by atoms with van der Waals surface area (Å²) in [5.74, 6) is -1.56. The van der Waals surface area contributed by atoms with Gasteiger partial charge in [0.15, 0.2) is 6.61 Å². The molecule has 2 rings (SSSR count). The summed E-state index contributed by atoms with van der Waals surface area (Å²) in [5, 5.41) is 2.66. The van der Waals surface area contributed by atoms with E-state index in [9.17, 15) is 18.8 Å². The summed E-state index contributed by atoms with van der Waals surface area (Å²) >= 11 is 0. The first-order chi connectivity index (χ1) is 12.9. The molecule has 0 aromatic heterocycles. The first-order valence-electron chi connectivity index (χ1n) is 8.47. The van der Waals surface area contributed by atoms with Crippen LogP contribution in [-0.4, -0.2) is 30.9 Å². The number of ether oxygens (including phenoxy) is 1. The van der Waals surface area contributed by atoms with Crippen molar-refractivity contribution in [3.63, 3.8) is 0 Å². The van der Waals surface area contributed by atoms with E-state index >= 15 is 0 Å². The zero-order valence-corrected chi connectivity index (χ0v) is 15.2. The van der Waals surface area contributed by atoms with Gasteiger partial charge < -0.3 is 15.0 Å². The fraction of sp³-hybridized carbons (Fsp3) is 0.250. The van der Waals surface area contributed by atoms with Crippen LogP contribution in [0.15, 0.2) is 48.5 Å². The summed E-state index contributed by atoms with van der Waals surface area (Å²) in [6, 6.07) is 12.1. The molecule has 0 spiro atoms. The second-order valence-corrected chi connectivity index (χ2v) is 5.80. The Morgan fingerprint density at radius 1 is 1.04 bits per heavy atom. The molecule has 0 aliphatic carbocycles. The highest BCUT2D eigenvalue weighted by Gasteiger charge is 2.17. The summed E-state index contributed by atoms with van der Waals surface area (Å²) in [4.78, 5) is 36.7. The molecule has 0 aliphatic rings. The molecule has 0 heterocycles. The zero-order chi connectivity index (χ0) is 19.8. The molecule has 142 valence electrons. The largest absolute Gasteiger partial charge is 0.452 e. The van der Waals surface area contributed by atoms with E-state index in [2.05, 4.69) is 5.32 Å². The molecule has 0 bridgehead atoms. The molecule has 2 amide bonds. The molecule has 1 N–H and O–H groups in total. The SMILES string of the molecule is CCN(C(=O)COC(=O)c1ccc(CNC(C)=O)cc1)c1ccc(F)cc1. The second kappa shape index (κ2) is 9.47. The number of benzene rings is 2. The van der Waals surface area contributed by atoms with Crippen molar-refractivity contribution in [3.8, 4) is 0 Å². The second-order valence-electron chi connectivity index (χ2n) is 5.80. The Labute approximate surface area is 156 Å². The Hall–Kier alpha value is -3.22. The number of halogens is 1. The van der Waals surface area contributed by atoms with Crippen LogP contribution in [0.2, 0.25) is 0 Å². The molecular weight excluding hydrogens is 351 g/mol. The number of carbonyl (C=O) groups is 3. The number of likely N-dealkylation sites (N-methyl/N-ethyl adjacent to an activating group) is 1. The fourth-order valence-corrected chi connectivity index (χ4v) is 2.40. The molecule has 0 unspecified atom stereocenters. The summed E-state index contributed by atoms with van der Waals surface area (Å²) in [6.45, 7) is 3.51. The van der Waals surface area contributed by atoms with Crippen molar-refractivity contribution >= 4 is 23.5 Å². The van der Waals surface area contributed by atoms with Gasteiger partial charge in [0.25, 0.3) is 5.91 Å². The van der Waals surface area contributed by atoms with E-state index in [0.717, 1.165) is 5.56 Å². The number of carbonyl (C=O) groups excluding carboxylic acids is 3. The third-order valence-electron chi connectivity index (χ3n) is 3.81. The molecule has 7 heteroatoms. The van der Waals surface area contributed by atoms with Gasteiger partial charge in [-0.3, -0.25) is 9.59 Å². The monoisotopic (exact) mass is 372 g/mol. The number of rotatable bonds is 7. The zero-order valence-electron chi connectivity index (χ0n) is 15.2. The Bertz CT molecular complexity index is 804. The molecule has 27 heavy (non-hydrogen) atoms. The van der Waals surface area contributed by atoms with Crippen molar-refractivity contribution in [2.45, 2.75) is 20.4 Å². The van der Waals surface area contributed by atoms with E-state index in [4.69, 9.17) is 4.74 Å². The molecule has 0 saturated carbocycles. The van der Waals surface area contributed by atoms with Gasteiger partial charge in [-0.1, -0.05) is 12.1 Å². The average molecular weight is 372 g/mol. The predicted molar refractivity (Wildman–Crippen MR) is 98.7 cm³/mol. The third-order valence-corrected chi connectivity index (χ3v) is 3.81. The smallest absolute Gasteiger partial charge is 0.338 e. The van der Waals surface area contributed by atoms with E-state index < -0.39 is 24.3 Å². The van der Waals surface area contributed by atoms with Crippen LogP contribution >= 0.6 is 0 Å². The van der Waals surface area contributed by atoms with Crippen LogP contribution < -0.4 is 10.2 Å². The van der Waals surface area contributed by atoms with Crippen molar-refractivity contribution in [1.82, 2.24) is 5.32 Å². The average Bonchev–Trinajstić information content (AvgIpc) is 2.67. The van der Waals surface area contributed by atoms with Crippen molar-refractivity contribution in [2.75, 3.05) is 18.1 Å². The maximum Gasteiger partial charge on any atom is 0.338 e. The Balaban J connectivity index is 1.92.